The van der Waals surface area contributed by atoms with E-state index in [1.165, 1.54) is 0 Å². The van der Waals surface area contributed by atoms with Gasteiger partial charge < -0.3 is 14.7 Å². The predicted molar refractivity (Wildman–Crippen MR) is 48.4 cm³/mol. The molecule has 1 aliphatic rings. The van der Waals surface area contributed by atoms with Crippen LogP contribution < -0.4 is 0 Å². The molecule has 0 aromatic rings. The summed E-state index contributed by atoms with van der Waals surface area (Å²) in [6, 6.07) is 0. The fourth-order valence-electron chi connectivity index (χ4n) is 1.40. The largest absolute Gasteiger partial charge is 0.444 e. The third-order valence-electron chi connectivity index (χ3n) is 2.04. The van der Waals surface area contributed by atoms with Crippen molar-refractivity contribution in [2.24, 2.45) is 5.92 Å². The average molecular weight is 187 g/mol. The molecule has 1 amide bonds. The molecule has 76 valence electrons. The molecular formula is C9H17NO3. The number of rotatable bonds is 3. The number of cyclic esters (lactones) is 1. The molecule has 0 saturated carbocycles. The standard InChI is InChI=1S/C9H17NO3/c1-7(2)5-10-4-3-8(6-11)13-9(10)12/h7-8,11H,3-6H2,1-2H3. The lowest BCUT2D eigenvalue weighted by Gasteiger charge is -2.31. The first-order valence-electron chi connectivity index (χ1n) is 4.70. The zero-order valence-corrected chi connectivity index (χ0v) is 8.19. The lowest BCUT2D eigenvalue weighted by atomic mass is 10.1. The van der Waals surface area contributed by atoms with Crippen molar-refractivity contribution in [3.05, 3.63) is 0 Å². The number of ether oxygens (including phenoxy) is 1. The third-order valence-corrected chi connectivity index (χ3v) is 2.04. The SMILES string of the molecule is CC(C)CN1CCC(CO)OC1=O. The van der Waals surface area contributed by atoms with E-state index in [1.807, 2.05) is 0 Å². The Morgan fingerprint density at radius 1 is 1.69 bits per heavy atom. The van der Waals surface area contributed by atoms with Gasteiger partial charge in [-0.25, -0.2) is 4.79 Å². The van der Waals surface area contributed by atoms with Gasteiger partial charge in [0, 0.05) is 19.5 Å². The highest BCUT2D eigenvalue weighted by Crippen LogP contribution is 2.12. The van der Waals surface area contributed by atoms with E-state index in [2.05, 4.69) is 13.8 Å². The van der Waals surface area contributed by atoms with Crippen molar-refractivity contribution in [2.75, 3.05) is 19.7 Å². The molecular weight excluding hydrogens is 170 g/mol. The van der Waals surface area contributed by atoms with E-state index in [0.29, 0.717) is 12.5 Å². The molecule has 4 nitrogen and oxygen atoms in total. The molecule has 1 atom stereocenters. The number of hydrogen-bond donors (Lipinski definition) is 1. The summed E-state index contributed by atoms with van der Waals surface area (Å²) in [7, 11) is 0. The van der Waals surface area contributed by atoms with Gasteiger partial charge in [-0.2, -0.15) is 0 Å². The number of nitrogens with zero attached hydrogens (tertiary/aromatic N) is 1. The average Bonchev–Trinajstić information content (AvgIpc) is 2.08. The molecule has 4 heteroatoms. The van der Waals surface area contributed by atoms with E-state index in [4.69, 9.17) is 9.84 Å². The summed E-state index contributed by atoms with van der Waals surface area (Å²) in [5, 5.41) is 8.78. The molecule has 1 saturated heterocycles. The Balaban J connectivity index is 2.39. The Hall–Kier alpha value is -0.770. The van der Waals surface area contributed by atoms with E-state index >= 15 is 0 Å². The highest BCUT2D eigenvalue weighted by atomic mass is 16.6. The number of hydrogen-bond acceptors (Lipinski definition) is 3. The summed E-state index contributed by atoms with van der Waals surface area (Å²) < 4.78 is 4.99. The van der Waals surface area contributed by atoms with Crippen LogP contribution >= 0.6 is 0 Å². The van der Waals surface area contributed by atoms with Crippen LogP contribution in [0.2, 0.25) is 0 Å². The van der Waals surface area contributed by atoms with Crippen molar-refractivity contribution in [1.82, 2.24) is 4.90 Å². The molecule has 1 N–H and O–H groups in total. The number of aliphatic hydroxyl groups is 1. The normalized spacial score (nSPS) is 23.5. The lowest BCUT2D eigenvalue weighted by molar-refractivity contribution is -0.00337. The molecule has 13 heavy (non-hydrogen) atoms. The highest BCUT2D eigenvalue weighted by molar-refractivity contribution is 5.68. The zero-order valence-electron chi connectivity index (χ0n) is 8.19. The van der Waals surface area contributed by atoms with Gasteiger partial charge in [0.1, 0.15) is 6.10 Å². The number of carbonyl (C=O) groups excluding carboxylic acids is 1. The maximum atomic E-state index is 11.3. The van der Waals surface area contributed by atoms with Crippen molar-refractivity contribution in [2.45, 2.75) is 26.4 Å². The van der Waals surface area contributed by atoms with Crippen LogP contribution in [0, 0.1) is 5.92 Å². The monoisotopic (exact) mass is 187 g/mol. The summed E-state index contributed by atoms with van der Waals surface area (Å²) >= 11 is 0. The van der Waals surface area contributed by atoms with E-state index < -0.39 is 0 Å². The van der Waals surface area contributed by atoms with Gasteiger partial charge in [0.05, 0.1) is 6.61 Å². The molecule has 1 heterocycles. The minimum Gasteiger partial charge on any atom is -0.444 e. The first-order valence-corrected chi connectivity index (χ1v) is 4.70. The van der Waals surface area contributed by atoms with Crippen molar-refractivity contribution < 1.29 is 14.6 Å². The Kier molecular flexibility index (Phi) is 3.54. The second-order valence-electron chi connectivity index (χ2n) is 3.82. The molecule has 1 rings (SSSR count). The van der Waals surface area contributed by atoms with Crippen LogP contribution in [0.25, 0.3) is 0 Å². The Morgan fingerprint density at radius 2 is 2.38 bits per heavy atom. The van der Waals surface area contributed by atoms with Gasteiger partial charge in [-0.3, -0.25) is 0 Å². The lowest BCUT2D eigenvalue weighted by Crippen LogP contribution is -2.44. The molecule has 0 spiro atoms. The number of amides is 1. The molecule has 0 bridgehead atoms. The molecule has 0 aliphatic carbocycles. The summed E-state index contributed by atoms with van der Waals surface area (Å²) in [6.07, 6.45) is 0.143. The van der Waals surface area contributed by atoms with Gasteiger partial charge in [0.2, 0.25) is 0 Å². The van der Waals surface area contributed by atoms with Gasteiger partial charge in [-0.15, -0.1) is 0 Å². The minimum absolute atomic E-state index is 0.0682. The van der Waals surface area contributed by atoms with Gasteiger partial charge >= 0.3 is 6.09 Å². The van der Waals surface area contributed by atoms with Crippen molar-refractivity contribution >= 4 is 6.09 Å². The highest BCUT2D eigenvalue weighted by Gasteiger charge is 2.26. The van der Waals surface area contributed by atoms with E-state index in [1.54, 1.807) is 4.90 Å². The topological polar surface area (TPSA) is 49.8 Å². The summed E-state index contributed by atoms with van der Waals surface area (Å²) in [5.41, 5.74) is 0. The molecule has 0 radical (unpaired) electrons. The van der Waals surface area contributed by atoms with Crippen molar-refractivity contribution in [3.8, 4) is 0 Å². The predicted octanol–water partition coefficient (Wildman–Crippen LogP) is 0.846. The summed E-state index contributed by atoms with van der Waals surface area (Å²) in [4.78, 5) is 13.0. The fraction of sp³-hybridized carbons (Fsp3) is 0.889. The smallest absolute Gasteiger partial charge is 0.410 e. The Bertz CT molecular complexity index is 182. The zero-order chi connectivity index (χ0) is 9.84. The number of carbonyl (C=O) groups is 1. The van der Waals surface area contributed by atoms with Crippen LogP contribution in [-0.4, -0.2) is 41.9 Å². The van der Waals surface area contributed by atoms with Crippen LogP contribution in [0.4, 0.5) is 4.79 Å². The van der Waals surface area contributed by atoms with E-state index in [-0.39, 0.29) is 18.8 Å². The second kappa shape index (κ2) is 4.46. The van der Waals surface area contributed by atoms with Crippen molar-refractivity contribution in [3.63, 3.8) is 0 Å². The molecule has 0 aromatic heterocycles. The van der Waals surface area contributed by atoms with Gasteiger partial charge in [0.25, 0.3) is 0 Å². The maximum absolute atomic E-state index is 11.3. The number of aliphatic hydroxyl groups excluding tert-OH is 1. The summed E-state index contributed by atoms with van der Waals surface area (Å²) in [5.74, 6) is 0.457. The molecule has 1 aliphatic heterocycles. The fourth-order valence-corrected chi connectivity index (χ4v) is 1.40. The van der Waals surface area contributed by atoms with Crippen LogP contribution in [0.15, 0.2) is 0 Å². The first-order chi connectivity index (χ1) is 6.13. The minimum atomic E-state index is -0.295. The van der Waals surface area contributed by atoms with Crippen LogP contribution in [0.5, 0.6) is 0 Å². The molecule has 1 fully saturated rings. The van der Waals surface area contributed by atoms with Gasteiger partial charge in [-0.05, 0) is 5.92 Å². The van der Waals surface area contributed by atoms with Crippen LogP contribution in [0.3, 0.4) is 0 Å². The second-order valence-corrected chi connectivity index (χ2v) is 3.82. The van der Waals surface area contributed by atoms with E-state index in [0.717, 1.165) is 13.0 Å². The Morgan fingerprint density at radius 3 is 2.85 bits per heavy atom. The van der Waals surface area contributed by atoms with Crippen LogP contribution in [-0.2, 0) is 4.74 Å². The van der Waals surface area contributed by atoms with Crippen LogP contribution in [0.1, 0.15) is 20.3 Å². The Labute approximate surface area is 78.5 Å². The van der Waals surface area contributed by atoms with E-state index in [9.17, 15) is 4.79 Å². The quantitative estimate of drug-likeness (QED) is 0.712. The maximum Gasteiger partial charge on any atom is 0.410 e. The van der Waals surface area contributed by atoms with Gasteiger partial charge in [0.15, 0.2) is 0 Å². The van der Waals surface area contributed by atoms with Gasteiger partial charge in [-0.1, -0.05) is 13.8 Å². The first kappa shape index (κ1) is 10.3. The summed E-state index contributed by atoms with van der Waals surface area (Å²) in [6.45, 7) is 5.48. The molecule has 0 aromatic carbocycles. The molecule has 1 unspecified atom stereocenters. The van der Waals surface area contributed by atoms with Crippen molar-refractivity contribution in [1.29, 1.82) is 0 Å². The third kappa shape index (κ3) is 2.88.